The molecule has 0 saturated heterocycles. The molecule has 2 heteroatoms. The van der Waals surface area contributed by atoms with Crippen molar-refractivity contribution in [3.8, 4) is 0 Å². The topological polar surface area (TPSA) is 15.3 Å². The predicted octanol–water partition coefficient (Wildman–Crippen LogP) is 3.77. The van der Waals surface area contributed by atoms with Crippen LogP contribution in [0.4, 0.5) is 0 Å². The molecule has 0 aliphatic heterocycles. The van der Waals surface area contributed by atoms with Crippen molar-refractivity contribution in [1.82, 2.24) is 10.2 Å². The van der Waals surface area contributed by atoms with E-state index < -0.39 is 0 Å². The number of likely N-dealkylation sites (N-methyl/N-ethyl adjacent to an activating group) is 2. The Kier molecular flexibility index (Phi) is 7.76. The standard InChI is InChI=1S/C17H30N2/c1-5-8-13-19(7-3)14-17(18-6-2)16-12-10-9-11-15(16)4/h9-12,17-18H,5-8,13-14H2,1-4H3. The van der Waals surface area contributed by atoms with E-state index >= 15 is 0 Å². The van der Waals surface area contributed by atoms with Crippen LogP contribution in [0.3, 0.4) is 0 Å². The number of nitrogens with zero attached hydrogens (tertiary/aromatic N) is 1. The molecule has 0 spiro atoms. The molecule has 1 atom stereocenters. The number of hydrogen-bond donors (Lipinski definition) is 1. The lowest BCUT2D eigenvalue weighted by Crippen LogP contribution is -2.36. The molecule has 1 N–H and O–H groups in total. The minimum Gasteiger partial charge on any atom is -0.309 e. The van der Waals surface area contributed by atoms with E-state index in [-0.39, 0.29) is 0 Å². The van der Waals surface area contributed by atoms with Crippen LogP contribution in [0.15, 0.2) is 24.3 Å². The molecule has 0 amide bonds. The Morgan fingerprint density at radius 2 is 1.89 bits per heavy atom. The molecule has 0 heterocycles. The molecule has 0 aliphatic rings. The van der Waals surface area contributed by atoms with E-state index in [1.807, 2.05) is 0 Å². The van der Waals surface area contributed by atoms with Crippen molar-refractivity contribution in [1.29, 1.82) is 0 Å². The van der Waals surface area contributed by atoms with E-state index in [1.165, 1.54) is 30.5 Å². The zero-order valence-corrected chi connectivity index (χ0v) is 13.1. The maximum Gasteiger partial charge on any atom is 0.0451 e. The molecule has 2 nitrogen and oxygen atoms in total. The lowest BCUT2D eigenvalue weighted by molar-refractivity contribution is 0.251. The Labute approximate surface area is 119 Å². The van der Waals surface area contributed by atoms with Crippen molar-refractivity contribution in [2.45, 2.75) is 46.6 Å². The minimum absolute atomic E-state index is 0.447. The van der Waals surface area contributed by atoms with Crippen LogP contribution in [0.1, 0.15) is 50.8 Å². The third kappa shape index (κ3) is 5.33. The molecule has 0 radical (unpaired) electrons. The first-order chi connectivity index (χ1) is 9.22. The predicted molar refractivity (Wildman–Crippen MR) is 84.6 cm³/mol. The van der Waals surface area contributed by atoms with Gasteiger partial charge in [0.15, 0.2) is 0 Å². The van der Waals surface area contributed by atoms with Gasteiger partial charge < -0.3 is 10.2 Å². The SMILES string of the molecule is CCCCN(CC)CC(NCC)c1ccccc1C. The molecule has 1 aromatic rings. The first-order valence-corrected chi connectivity index (χ1v) is 7.74. The van der Waals surface area contributed by atoms with Gasteiger partial charge in [0.2, 0.25) is 0 Å². The zero-order chi connectivity index (χ0) is 14.1. The summed E-state index contributed by atoms with van der Waals surface area (Å²) in [5.74, 6) is 0. The smallest absolute Gasteiger partial charge is 0.0451 e. The number of benzene rings is 1. The van der Waals surface area contributed by atoms with Gasteiger partial charge in [-0.3, -0.25) is 0 Å². The van der Waals surface area contributed by atoms with Crippen molar-refractivity contribution in [3.05, 3.63) is 35.4 Å². The second kappa shape index (κ2) is 9.11. The first-order valence-electron chi connectivity index (χ1n) is 7.74. The van der Waals surface area contributed by atoms with E-state index in [4.69, 9.17) is 0 Å². The summed E-state index contributed by atoms with van der Waals surface area (Å²) in [6.07, 6.45) is 2.56. The molecular weight excluding hydrogens is 232 g/mol. The van der Waals surface area contributed by atoms with Gasteiger partial charge in [-0.1, -0.05) is 51.5 Å². The zero-order valence-electron chi connectivity index (χ0n) is 13.1. The van der Waals surface area contributed by atoms with Crippen LogP contribution in [-0.4, -0.2) is 31.1 Å². The van der Waals surface area contributed by atoms with Crippen molar-refractivity contribution in [3.63, 3.8) is 0 Å². The molecule has 1 unspecified atom stereocenters. The lowest BCUT2D eigenvalue weighted by atomic mass is 10.0. The molecular formula is C17H30N2. The molecule has 1 aromatic carbocycles. The van der Waals surface area contributed by atoms with Crippen LogP contribution < -0.4 is 5.32 Å². The third-order valence-electron chi connectivity index (χ3n) is 3.73. The monoisotopic (exact) mass is 262 g/mol. The fourth-order valence-corrected chi connectivity index (χ4v) is 2.52. The van der Waals surface area contributed by atoms with Gasteiger partial charge >= 0.3 is 0 Å². The lowest BCUT2D eigenvalue weighted by Gasteiger charge is -2.28. The first kappa shape index (κ1) is 16.2. The van der Waals surface area contributed by atoms with Gasteiger partial charge in [-0.2, -0.15) is 0 Å². The van der Waals surface area contributed by atoms with Gasteiger partial charge in [0.1, 0.15) is 0 Å². The number of aryl methyl sites for hydroxylation is 1. The summed E-state index contributed by atoms with van der Waals surface area (Å²) in [6, 6.07) is 9.19. The van der Waals surface area contributed by atoms with E-state index in [9.17, 15) is 0 Å². The Bertz CT molecular complexity index is 349. The number of nitrogens with one attached hydrogen (secondary N) is 1. The fraction of sp³-hybridized carbons (Fsp3) is 0.647. The van der Waals surface area contributed by atoms with E-state index in [1.54, 1.807) is 0 Å². The summed E-state index contributed by atoms with van der Waals surface area (Å²) in [7, 11) is 0. The van der Waals surface area contributed by atoms with Gasteiger partial charge in [-0.25, -0.2) is 0 Å². The van der Waals surface area contributed by atoms with Crippen LogP contribution in [-0.2, 0) is 0 Å². The Balaban J connectivity index is 2.74. The van der Waals surface area contributed by atoms with Crippen LogP contribution in [0, 0.1) is 6.92 Å². The van der Waals surface area contributed by atoms with Gasteiger partial charge in [0.05, 0.1) is 0 Å². The van der Waals surface area contributed by atoms with E-state index in [0.29, 0.717) is 6.04 Å². The summed E-state index contributed by atoms with van der Waals surface area (Å²) in [4.78, 5) is 2.56. The van der Waals surface area contributed by atoms with Crippen LogP contribution >= 0.6 is 0 Å². The Hall–Kier alpha value is -0.860. The fourth-order valence-electron chi connectivity index (χ4n) is 2.52. The van der Waals surface area contributed by atoms with Gasteiger partial charge in [-0.15, -0.1) is 0 Å². The highest BCUT2D eigenvalue weighted by molar-refractivity contribution is 5.29. The summed E-state index contributed by atoms with van der Waals surface area (Å²) in [6.45, 7) is 13.4. The second-order valence-corrected chi connectivity index (χ2v) is 5.21. The van der Waals surface area contributed by atoms with Gasteiger partial charge in [0, 0.05) is 12.6 Å². The molecule has 0 fully saturated rings. The Morgan fingerprint density at radius 3 is 2.47 bits per heavy atom. The molecule has 0 aromatic heterocycles. The average Bonchev–Trinajstić information content (AvgIpc) is 2.43. The van der Waals surface area contributed by atoms with Crippen LogP contribution in [0.5, 0.6) is 0 Å². The van der Waals surface area contributed by atoms with Crippen molar-refractivity contribution < 1.29 is 0 Å². The molecule has 1 rings (SSSR count). The highest BCUT2D eigenvalue weighted by Gasteiger charge is 2.15. The quantitative estimate of drug-likeness (QED) is 0.729. The Morgan fingerprint density at radius 1 is 1.16 bits per heavy atom. The molecule has 0 saturated carbocycles. The van der Waals surface area contributed by atoms with Crippen LogP contribution in [0.2, 0.25) is 0 Å². The van der Waals surface area contributed by atoms with Gasteiger partial charge in [0.25, 0.3) is 0 Å². The number of rotatable bonds is 9. The minimum atomic E-state index is 0.447. The molecule has 0 aliphatic carbocycles. The van der Waals surface area contributed by atoms with E-state index in [0.717, 1.165) is 19.6 Å². The maximum atomic E-state index is 3.64. The van der Waals surface area contributed by atoms with Crippen LogP contribution in [0.25, 0.3) is 0 Å². The highest BCUT2D eigenvalue weighted by atomic mass is 15.1. The van der Waals surface area contributed by atoms with Crippen molar-refractivity contribution in [2.75, 3.05) is 26.2 Å². The molecule has 19 heavy (non-hydrogen) atoms. The van der Waals surface area contributed by atoms with Gasteiger partial charge in [-0.05, 0) is 44.1 Å². The van der Waals surface area contributed by atoms with Crippen molar-refractivity contribution in [2.24, 2.45) is 0 Å². The average molecular weight is 262 g/mol. The summed E-state index contributed by atoms with van der Waals surface area (Å²) >= 11 is 0. The number of hydrogen-bond acceptors (Lipinski definition) is 2. The second-order valence-electron chi connectivity index (χ2n) is 5.21. The highest BCUT2D eigenvalue weighted by Crippen LogP contribution is 2.18. The third-order valence-corrected chi connectivity index (χ3v) is 3.73. The largest absolute Gasteiger partial charge is 0.309 e. The van der Waals surface area contributed by atoms with Crippen molar-refractivity contribution >= 4 is 0 Å². The number of unbranched alkanes of at least 4 members (excludes halogenated alkanes) is 1. The molecule has 108 valence electrons. The normalized spacial score (nSPS) is 12.9. The molecule has 0 bridgehead atoms. The van der Waals surface area contributed by atoms with E-state index in [2.05, 4.69) is 62.2 Å². The maximum absolute atomic E-state index is 3.64. The summed E-state index contributed by atoms with van der Waals surface area (Å²) < 4.78 is 0. The summed E-state index contributed by atoms with van der Waals surface area (Å²) in [5, 5.41) is 3.64. The summed E-state index contributed by atoms with van der Waals surface area (Å²) in [5.41, 5.74) is 2.83.